The number of urea groups is 1. The summed E-state index contributed by atoms with van der Waals surface area (Å²) >= 11 is 0. The summed E-state index contributed by atoms with van der Waals surface area (Å²) in [6.45, 7) is 9.63. The largest absolute Gasteiger partial charge is 0.372 e. The van der Waals surface area contributed by atoms with Crippen molar-refractivity contribution in [1.29, 1.82) is 0 Å². The molecular weight excluding hydrogens is 216 g/mol. The van der Waals surface area contributed by atoms with Crippen LogP contribution in [0.5, 0.6) is 0 Å². The first-order valence-corrected chi connectivity index (χ1v) is 6.75. The van der Waals surface area contributed by atoms with Crippen molar-refractivity contribution in [2.75, 3.05) is 26.2 Å². The average Bonchev–Trinajstić information content (AvgIpc) is 2.28. The lowest BCUT2D eigenvalue weighted by Gasteiger charge is -2.40. The highest BCUT2D eigenvalue weighted by molar-refractivity contribution is 5.74. The number of nitrogens with zero attached hydrogens (tertiary/aromatic N) is 2. The van der Waals surface area contributed by atoms with Gasteiger partial charge in [0, 0.05) is 26.2 Å². The van der Waals surface area contributed by atoms with Crippen molar-refractivity contribution in [1.82, 2.24) is 9.80 Å². The summed E-state index contributed by atoms with van der Waals surface area (Å²) in [4.78, 5) is 16.3. The SMILES string of the molecule is CC1CCN(C(=O)N2C[C@@H](C)O[C@@H](C)C2)CC1. The Balaban J connectivity index is 1.90. The van der Waals surface area contributed by atoms with E-state index < -0.39 is 0 Å². The Labute approximate surface area is 104 Å². The number of rotatable bonds is 0. The van der Waals surface area contributed by atoms with Gasteiger partial charge >= 0.3 is 6.03 Å². The Hall–Kier alpha value is -0.770. The lowest BCUT2D eigenvalue weighted by Crippen LogP contribution is -2.54. The van der Waals surface area contributed by atoms with Gasteiger partial charge in [0.25, 0.3) is 0 Å². The smallest absolute Gasteiger partial charge is 0.320 e. The zero-order chi connectivity index (χ0) is 12.4. The number of morpholine rings is 1. The van der Waals surface area contributed by atoms with Gasteiger partial charge in [0.2, 0.25) is 0 Å². The normalized spacial score (nSPS) is 31.7. The molecule has 0 bridgehead atoms. The van der Waals surface area contributed by atoms with E-state index in [1.54, 1.807) is 0 Å². The van der Waals surface area contributed by atoms with Crippen LogP contribution in [-0.4, -0.2) is 54.2 Å². The van der Waals surface area contributed by atoms with Gasteiger partial charge in [0.15, 0.2) is 0 Å². The van der Waals surface area contributed by atoms with E-state index in [-0.39, 0.29) is 18.2 Å². The number of likely N-dealkylation sites (tertiary alicyclic amines) is 1. The van der Waals surface area contributed by atoms with Crippen LogP contribution in [0.2, 0.25) is 0 Å². The molecule has 4 heteroatoms. The second kappa shape index (κ2) is 5.25. The fourth-order valence-electron chi connectivity index (χ4n) is 2.73. The third kappa shape index (κ3) is 3.12. The van der Waals surface area contributed by atoms with Gasteiger partial charge < -0.3 is 14.5 Å². The molecule has 17 heavy (non-hydrogen) atoms. The first-order chi connectivity index (χ1) is 8.06. The van der Waals surface area contributed by atoms with Gasteiger partial charge in [-0.2, -0.15) is 0 Å². The summed E-state index contributed by atoms with van der Waals surface area (Å²) in [5, 5.41) is 0. The topological polar surface area (TPSA) is 32.8 Å². The van der Waals surface area contributed by atoms with E-state index in [9.17, 15) is 4.79 Å². The number of hydrogen-bond donors (Lipinski definition) is 0. The molecule has 2 rings (SSSR count). The van der Waals surface area contributed by atoms with Crippen molar-refractivity contribution >= 4 is 6.03 Å². The molecule has 0 spiro atoms. The van der Waals surface area contributed by atoms with Crippen LogP contribution in [0.1, 0.15) is 33.6 Å². The predicted molar refractivity (Wildman–Crippen MR) is 66.9 cm³/mol. The molecule has 0 aromatic rings. The van der Waals surface area contributed by atoms with Crippen LogP contribution in [0.25, 0.3) is 0 Å². The maximum atomic E-state index is 12.3. The monoisotopic (exact) mass is 240 g/mol. The average molecular weight is 240 g/mol. The summed E-state index contributed by atoms with van der Waals surface area (Å²) in [6, 6.07) is 0.207. The molecule has 0 aromatic heterocycles. The fraction of sp³-hybridized carbons (Fsp3) is 0.923. The maximum absolute atomic E-state index is 12.3. The highest BCUT2D eigenvalue weighted by Crippen LogP contribution is 2.19. The van der Waals surface area contributed by atoms with E-state index >= 15 is 0 Å². The Kier molecular flexibility index (Phi) is 3.92. The van der Waals surface area contributed by atoms with Crippen LogP contribution in [0.15, 0.2) is 0 Å². The third-order valence-corrected chi connectivity index (χ3v) is 3.74. The fourth-order valence-corrected chi connectivity index (χ4v) is 2.73. The van der Waals surface area contributed by atoms with E-state index in [0.717, 1.165) is 44.9 Å². The number of ether oxygens (including phenoxy) is 1. The Morgan fingerprint density at radius 1 is 1.00 bits per heavy atom. The van der Waals surface area contributed by atoms with Gasteiger partial charge in [-0.25, -0.2) is 4.79 Å². The first kappa shape index (κ1) is 12.7. The summed E-state index contributed by atoms with van der Waals surface area (Å²) in [6.07, 6.45) is 2.60. The maximum Gasteiger partial charge on any atom is 0.320 e. The third-order valence-electron chi connectivity index (χ3n) is 3.74. The summed E-state index contributed by atoms with van der Waals surface area (Å²) < 4.78 is 5.66. The van der Waals surface area contributed by atoms with E-state index in [4.69, 9.17) is 4.74 Å². The minimum Gasteiger partial charge on any atom is -0.372 e. The Morgan fingerprint density at radius 3 is 2.06 bits per heavy atom. The van der Waals surface area contributed by atoms with Gasteiger partial charge in [-0.15, -0.1) is 0 Å². The van der Waals surface area contributed by atoms with E-state index in [0.29, 0.717) is 0 Å². The van der Waals surface area contributed by atoms with Crippen LogP contribution in [0.3, 0.4) is 0 Å². The molecule has 2 amide bonds. The van der Waals surface area contributed by atoms with Crippen molar-refractivity contribution in [3.63, 3.8) is 0 Å². The quantitative estimate of drug-likeness (QED) is 0.648. The molecule has 0 saturated carbocycles. The zero-order valence-electron chi connectivity index (χ0n) is 11.2. The Morgan fingerprint density at radius 2 is 1.53 bits per heavy atom. The van der Waals surface area contributed by atoms with Crippen molar-refractivity contribution in [3.05, 3.63) is 0 Å². The molecule has 2 fully saturated rings. The molecule has 2 saturated heterocycles. The first-order valence-electron chi connectivity index (χ1n) is 6.75. The van der Waals surface area contributed by atoms with Crippen LogP contribution in [0.4, 0.5) is 4.79 Å². The van der Waals surface area contributed by atoms with Gasteiger partial charge in [-0.05, 0) is 32.6 Å². The summed E-state index contributed by atoms with van der Waals surface area (Å²) in [5.41, 5.74) is 0. The highest BCUT2D eigenvalue weighted by Gasteiger charge is 2.30. The van der Waals surface area contributed by atoms with Gasteiger partial charge in [0.05, 0.1) is 12.2 Å². The molecule has 4 nitrogen and oxygen atoms in total. The second-order valence-corrected chi connectivity index (χ2v) is 5.61. The molecule has 2 atom stereocenters. The molecule has 0 aliphatic carbocycles. The van der Waals surface area contributed by atoms with E-state index in [2.05, 4.69) is 6.92 Å². The molecule has 98 valence electrons. The van der Waals surface area contributed by atoms with Crippen molar-refractivity contribution in [2.24, 2.45) is 5.92 Å². The lowest BCUT2D eigenvalue weighted by molar-refractivity contribution is -0.0588. The molecule has 2 aliphatic rings. The van der Waals surface area contributed by atoms with Crippen molar-refractivity contribution in [3.8, 4) is 0 Å². The number of carbonyl (C=O) groups is 1. The van der Waals surface area contributed by atoms with Crippen molar-refractivity contribution in [2.45, 2.75) is 45.8 Å². The predicted octanol–water partition coefficient (Wildman–Crippen LogP) is 1.95. The minimum atomic E-state index is 0.159. The molecular formula is C13H24N2O2. The summed E-state index contributed by atoms with van der Waals surface area (Å²) in [7, 11) is 0. The molecule has 0 radical (unpaired) electrons. The van der Waals surface area contributed by atoms with Crippen molar-refractivity contribution < 1.29 is 9.53 Å². The van der Waals surface area contributed by atoms with E-state index in [1.807, 2.05) is 23.6 Å². The second-order valence-electron chi connectivity index (χ2n) is 5.61. The van der Waals surface area contributed by atoms with Gasteiger partial charge in [-0.1, -0.05) is 6.92 Å². The summed E-state index contributed by atoms with van der Waals surface area (Å²) in [5.74, 6) is 0.765. The number of carbonyl (C=O) groups excluding carboxylic acids is 1. The van der Waals surface area contributed by atoms with Crippen LogP contribution >= 0.6 is 0 Å². The molecule has 0 N–H and O–H groups in total. The number of hydrogen-bond acceptors (Lipinski definition) is 2. The molecule has 0 aromatic carbocycles. The standard InChI is InChI=1S/C13H24N2O2/c1-10-4-6-14(7-5-10)13(16)15-8-11(2)17-12(3)9-15/h10-12H,4-9H2,1-3H3/t11-,12+. The van der Waals surface area contributed by atoms with Gasteiger partial charge in [-0.3, -0.25) is 0 Å². The number of amides is 2. The molecule has 2 heterocycles. The van der Waals surface area contributed by atoms with Crippen LogP contribution in [0, 0.1) is 5.92 Å². The Bertz CT molecular complexity index is 265. The lowest BCUT2D eigenvalue weighted by atomic mass is 9.99. The van der Waals surface area contributed by atoms with Gasteiger partial charge in [0.1, 0.15) is 0 Å². The minimum absolute atomic E-state index is 0.159. The zero-order valence-corrected chi connectivity index (χ0v) is 11.2. The molecule has 2 aliphatic heterocycles. The number of piperidine rings is 1. The highest BCUT2D eigenvalue weighted by atomic mass is 16.5. The van der Waals surface area contributed by atoms with Crippen LogP contribution < -0.4 is 0 Å². The van der Waals surface area contributed by atoms with E-state index in [1.165, 1.54) is 0 Å². The molecule has 0 unspecified atom stereocenters. The van der Waals surface area contributed by atoms with Crippen LogP contribution in [-0.2, 0) is 4.74 Å².